The van der Waals surface area contributed by atoms with Gasteiger partial charge < -0.3 is 10.1 Å². The number of carbonyl (C=O) groups excluding carboxylic acids is 2. The number of esters is 1. The van der Waals surface area contributed by atoms with E-state index in [0.29, 0.717) is 29.5 Å². The molecule has 4 nitrogen and oxygen atoms in total. The van der Waals surface area contributed by atoms with Crippen LogP contribution in [0.2, 0.25) is 0 Å². The van der Waals surface area contributed by atoms with E-state index in [1.807, 2.05) is 0 Å². The molecule has 0 saturated heterocycles. The third-order valence-electron chi connectivity index (χ3n) is 6.21. The highest BCUT2D eigenvalue weighted by Gasteiger charge is 2.60. The van der Waals surface area contributed by atoms with Gasteiger partial charge >= 0.3 is 5.97 Å². The Bertz CT molecular complexity index is 751. The van der Waals surface area contributed by atoms with Crippen molar-refractivity contribution < 1.29 is 18.7 Å². The number of alkyl halides is 1. The number of nitrogens with one attached hydrogen (secondary N) is 1. The lowest BCUT2D eigenvalue weighted by Crippen LogP contribution is -2.56. The first-order chi connectivity index (χ1) is 12.3. The van der Waals surface area contributed by atoms with Gasteiger partial charge in [-0.3, -0.25) is 9.59 Å². The first kappa shape index (κ1) is 17.8. The molecule has 2 unspecified atom stereocenters. The summed E-state index contributed by atoms with van der Waals surface area (Å²) < 4.78 is 18.9. The number of rotatable bonds is 4. The summed E-state index contributed by atoms with van der Waals surface area (Å²) in [6.07, 6.45) is 5.42. The molecule has 1 aromatic carbocycles. The smallest absolute Gasteiger partial charge is 0.312 e. The van der Waals surface area contributed by atoms with Crippen LogP contribution in [0.1, 0.15) is 44.1 Å². The van der Waals surface area contributed by atoms with Crippen molar-refractivity contribution in [3.63, 3.8) is 0 Å². The zero-order chi connectivity index (χ0) is 18.5. The van der Waals surface area contributed by atoms with Crippen LogP contribution >= 0.6 is 11.6 Å². The molecule has 0 heterocycles. The third-order valence-corrected chi connectivity index (χ3v) is 6.65. The highest BCUT2D eigenvalue weighted by Crippen LogP contribution is 2.64. The molecule has 140 valence electrons. The van der Waals surface area contributed by atoms with Gasteiger partial charge in [-0.05, 0) is 75.0 Å². The van der Waals surface area contributed by atoms with E-state index in [9.17, 15) is 14.0 Å². The van der Waals surface area contributed by atoms with Gasteiger partial charge in [0.25, 0.3) is 5.91 Å². The number of benzene rings is 1. The second-order valence-electron chi connectivity index (χ2n) is 8.48. The zero-order valence-corrected chi connectivity index (χ0v) is 15.6. The van der Waals surface area contributed by atoms with Crippen LogP contribution in [0.3, 0.4) is 0 Å². The Morgan fingerprint density at radius 1 is 1.27 bits per heavy atom. The Balaban J connectivity index is 1.36. The largest absolute Gasteiger partial charge is 0.455 e. The Kier molecular flexibility index (Phi) is 4.25. The maximum absolute atomic E-state index is 13.6. The predicted molar refractivity (Wildman–Crippen MR) is 96.4 cm³/mol. The number of aryl methyl sites for hydroxylation is 1. The normalized spacial score (nSPS) is 34.6. The maximum atomic E-state index is 13.6. The van der Waals surface area contributed by atoms with Gasteiger partial charge in [0.1, 0.15) is 5.82 Å². The van der Waals surface area contributed by atoms with Gasteiger partial charge in [-0.15, -0.1) is 11.6 Å². The summed E-state index contributed by atoms with van der Waals surface area (Å²) in [7, 11) is 0. The van der Waals surface area contributed by atoms with Gasteiger partial charge in [-0.1, -0.05) is 6.07 Å². The minimum Gasteiger partial charge on any atom is -0.455 e. The van der Waals surface area contributed by atoms with Crippen molar-refractivity contribution in [2.75, 3.05) is 11.9 Å². The van der Waals surface area contributed by atoms with Crippen LogP contribution in [-0.2, 0) is 14.3 Å². The number of carbonyl (C=O) groups is 2. The number of amides is 1. The molecule has 26 heavy (non-hydrogen) atoms. The Morgan fingerprint density at radius 3 is 2.58 bits per heavy atom. The molecule has 0 aliphatic heterocycles. The SMILES string of the molecule is Cc1ccc(NC(=O)COC(=O)C23C[C@@H]4C[C@@H](CC(Cl)(C4)C2)C3)cc1F. The average molecular weight is 380 g/mol. The first-order valence-electron chi connectivity index (χ1n) is 9.19. The van der Waals surface area contributed by atoms with Crippen molar-refractivity contribution in [3.8, 4) is 0 Å². The van der Waals surface area contributed by atoms with Crippen LogP contribution in [0.15, 0.2) is 18.2 Å². The molecule has 1 amide bonds. The minimum absolute atomic E-state index is 0.273. The summed E-state index contributed by atoms with van der Waals surface area (Å²) in [4.78, 5) is 24.6. The third kappa shape index (κ3) is 3.22. The topological polar surface area (TPSA) is 55.4 Å². The van der Waals surface area contributed by atoms with Crippen LogP contribution in [0, 0.1) is 30.0 Å². The molecular weight excluding hydrogens is 357 g/mol. The Hall–Kier alpha value is -1.62. The predicted octanol–water partition coefficient (Wildman–Crippen LogP) is 4.19. The van der Waals surface area contributed by atoms with Gasteiger partial charge in [-0.2, -0.15) is 0 Å². The van der Waals surface area contributed by atoms with Crippen LogP contribution < -0.4 is 5.32 Å². The Morgan fingerprint density at radius 2 is 1.96 bits per heavy atom. The molecule has 4 fully saturated rings. The maximum Gasteiger partial charge on any atom is 0.312 e. The van der Waals surface area contributed by atoms with E-state index in [1.54, 1.807) is 19.1 Å². The first-order valence-corrected chi connectivity index (χ1v) is 9.57. The van der Waals surface area contributed by atoms with E-state index in [1.165, 1.54) is 6.07 Å². The summed E-state index contributed by atoms with van der Waals surface area (Å²) in [6.45, 7) is 1.29. The fraction of sp³-hybridized carbons (Fsp3) is 0.600. The monoisotopic (exact) mass is 379 g/mol. The van der Waals surface area contributed by atoms with E-state index >= 15 is 0 Å². The van der Waals surface area contributed by atoms with Crippen molar-refractivity contribution >= 4 is 29.2 Å². The quantitative estimate of drug-likeness (QED) is 0.630. The summed E-state index contributed by atoms with van der Waals surface area (Å²) in [5, 5.41) is 2.56. The number of ether oxygens (including phenoxy) is 1. The molecule has 4 bridgehead atoms. The van der Waals surface area contributed by atoms with Crippen molar-refractivity contribution in [2.24, 2.45) is 17.3 Å². The van der Waals surface area contributed by atoms with Crippen LogP contribution in [0.5, 0.6) is 0 Å². The molecule has 0 radical (unpaired) electrons. The summed E-state index contributed by atoms with van der Waals surface area (Å²) in [6, 6.07) is 4.46. The van der Waals surface area contributed by atoms with Gasteiger partial charge in [0.15, 0.2) is 6.61 Å². The average Bonchev–Trinajstić information content (AvgIpc) is 2.53. The summed E-state index contributed by atoms with van der Waals surface area (Å²) >= 11 is 6.74. The number of hydrogen-bond acceptors (Lipinski definition) is 3. The molecule has 1 aromatic rings. The van der Waals surface area contributed by atoms with E-state index in [-0.39, 0.29) is 23.3 Å². The molecule has 4 saturated carbocycles. The zero-order valence-electron chi connectivity index (χ0n) is 14.8. The van der Waals surface area contributed by atoms with Crippen molar-refractivity contribution in [2.45, 2.75) is 50.3 Å². The van der Waals surface area contributed by atoms with Gasteiger partial charge in [0.2, 0.25) is 0 Å². The van der Waals surface area contributed by atoms with E-state index in [0.717, 1.165) is 32.1 Å². The fourth-order valence-corrected chi connectivity index (χ4v) is 6.23. The van der Waals surface area contributed by atoms with Gasteiger partial charge in [0, 0.05) is 10.6 Å². The highest BCUT2D eigenvalue weighted by molar-refractivity contribution is 6.24. The number of halogens is 2. The highest BCUT2D eigenvalue weighted by atomic mass is 35.5. The standard InChI is InChI=1S/C20H23ClFNO3/c1-12-2-3-15(5-16(12)22)23-17(24)10-26-18(25)19-6-13-4-14(7-19)9-20(21,8-13)11-19/h2-3,5,13-14H,4,6-11H2,1H3,(H,23,24)/t13-,14+,19?,20?. The lowest BCUT2D eigenvalue weighted by molar-refractivity contribution is -0.171. The van der Waals surface area contributed by atoms with E-state index in [2.05, 4.69) is 5.32 Å². The fourth-order valence-electron chi connectivity index (χ4n) is 5.54. The molecule has 5 rings (SSSR count). The molecule has 4 aliphatic carbocycles. The second kappa shape index (κ2) is 6.22. The second-order valence-corrected chi connectivity index (χ2v) is 9.28. The van der Waals surface area contributed by atoms with Crippen molar-refractivity contribution in [1.82, 2.24) is 0 Å². The molecular formula is C20H23ClFNO3. The Labute approximate surface area is 157 Å². The van der Waals surface area contributed by atoms with Gasteiger partial charge in [0.05, 0.1) is 5.41 Å². The van der Waals surface area contributed by atoms with E-state index < -0.39 is 11.3 Å². The molecule has 0 aromatic heterocycles. The minimum atomic E-state index is -0.526. The molecule has 4 aliphatic rings. The van der Waals surface area contributed by atoms with Gasteiger partial charge in [-0.25, -0.2) is 4.39 Å². The molecule has 6 heteroatoms. The number of anilines is 1. The van der Waals surface area contributed by atoms with Crippen molar-refractivity contribution in [1.29, 1.82) is 0 Å². The van der Waals surface area contributed by atoms with Crippen molar-refractivity contribution in [3.05, 3.63) is 29.6 Å². The number of hydrogen-bond donors (Lipinski definition) is 1. The van der Waals surface area contributed by atoms with Crippen LogP contribution in [0.25, 0.3) is 0 Å². The molecule has 4 atom stereocenters. The lowest BCUT2D eigenvalue weighted by atomic mass is 9.49. The van der Waals surface area contributed by atoms with Crippen LogP contribution in [-0.4, -0.2) is 23.4 Å². The summed E-state index contributed by atoms with van der Waals surface area (Å²) in [5.74, 6) is -0.175. The summed E-state index contributed by atoms with van der Waals surface area (Å²) in [5.41, 5.74) is 0.331. The molecule has 0 spiro atoms. The van der Waals surface area contributed by atoms with Crippen LogP contribution in [0.4, 0.5) is 10.1 Å². The lowest BCUT2D eigenvalue weighted by Gasteiger charge is -2.58. The molecule has 1 N–H and O–H groups in total. The van der Waals surface area contributed by atoms with E-state index in [4.69, 9.17) is 16.3 Å².